The number of benzene rings is 1. The van der Waals surface area contributed by atoms with Crippen LogP contribution in [0.4, 0.5) is 5.69 Å². The molecule has 1 aromatic rings. The van der Waals surface area contributed by atoms with Gasteiger partial charge in [-0.25, -0.2) is 0 Å². The third-order valence-electron chi connectivity index (χ3n) is 1.75. The summed E-state index contributed by atoms with van der Waals surface area (Å²) in [6.07, 6.45) is 0.875. The molecule has 5 nitrogen and oxygen atoms in total. The molecule has 0 fully saturated rings. The Morgan fingerprint density at radius 1 is 1.53 bits per heavy atom. The number of hydrogen-bond acceptors (Lipinski definition) is 4. The van der Waals surface area contributed by atoms with Gasteiger partial charge < -0.3 is 10.5 Å². The molecule has 0 heterocycles. The lowest BCUT2D eigenvalue weighted by atomic mass is 10.2. The fraction of sp³-hybridized carbons (Fsp3) is 0.0833. The number of anilines is 1. The number of nitrogens with zero attached hydrogens (tertiary/aromatic N) is 2. The van der Waals surface area contributed by atoms with Crippen LogP contribution in [0.3, 0.4) is 0 Å². The molecule has 84 valence electrons. The highest BCUT2D eigenvalue weighted by molar-refractivity contribution is 6.31. The van der Waals surface area contributed by atoms with Gasteiger partial charge in [0.2, 0.25) is 0 Å². The van der Waals surface area contributed by atoms with Gasteiger partial charge in [-0.15, -0.1) is 0 Å². The Balaban J connectivity index is 2.90. The Bertz CT molecular complexity index is 533. The Kier molecular flexibility index (Phi) is 4.80. The van der Waals surface area contributed by atoms with Crippen molar-refractivity contribution in [3.05, 3.63) is 29.8 Å². The fourth-order valence-electron chi connectivity index (χ4n) is 1.10. The highest BCUT2D eigenvalue weighted by Gasteiger charge is 2.02. The van der Waals surface area contributed by atoms with Gasteiger partial charge in [-0.2, -0.15) is 5.26 Å². The Labute approximate surface area is 98.4 Å². The quantitative estimate of drug-likeness (QED) is 0.346. The summed E-state index contributed by atoms with van der Waals surface area (Å²) < 4.78 is 0. The average molecular weight is 227 g/mol. The van der Waals surface area contributed by atoms with Gasteiger partial charge in [-0.05, 0) is 12.1 Å². The lowest BCUT2D eigenvalue weighted by Crippen LogP contribution is -2.13. The van der Waals surface area contributed by atoms with Gasteiger partial charge in [0.25, 0.3) is 5.91 Å². The van der Waals surface area contributed by atoms with Crippen molar-refractivity contribution < 1.29 is 10.0 Å². The molecule has 1 rings (SSSR count). The zero-order valence-electron chi connectivity index (χ0n) is 8.84. The van der Waals surface area contributed by atoms with E-state index >= 15 is 0 Å². The first-order valence-electron chi connectivity index (χ1n) is 4.71. The first kappa shape index (κ1) is 12.3. The van der Waals surface area contributed by atoms with Gasteiger partial charge >= 0.3 is 0 Å². The van der Waals surface area contributed by atoms with Gasteiger partial charge in [0, 0.05) is 5.56 Å². The van der Waals surface area contributed by atoms with E-state index < -0.39 is 5.91 Å². The summed E-state index contributed by atoms with van der Waals surface area (Å²) >= 11 is 0. The molecule has 0 aliphatic heterocycles. The molecule has 1 amide bonds. The van der Waals surface area contributed by atoms with E-state index in [0.29, 0.717) is 11.3 Å². The number of para-hydroxylation sites is 1. The summed E-state index contributed by atoms with van der Waals surface area (Å²) in [5, 5.41) is 21.7. The first-order chi connectivity index (χ1) is 8.27. The Hall–Kier alpha value is -2.79. The number of nitriles is 1. The standard InChI is InChI=1S/C12H9N3O2/c13-8-4-3-6-10-5-1-2-7-11(10)15-12(16)9-14-17/h1-2,5,7,9,17H,4H2,(H,15,16). The molecule has 0 saturated heterocycles. The molecule has 0 aliphatic rings. The van der Waals surface area contributed by atoms with Crippen LogP contribution in [0.5, 0.6) is 0 Å². The van der Waals surface area contributed by atoms with Crippen LogP contribution < -0.4 is 5.32 Å². The van der Waals surface area contributed by atoms with Crippen molar-refractivity contribution in [2.45, 2.75) is 6.42 Å². The lowest BCUT2D eigenvalue weighted by Gasteiger charge is -2.03. The molecule has 0 atom stereocenters. The highest BCUT2D eigenvalue weighted by atomic mass is 16.4. The second-order valence-corrected chi connectivity index (χ2v) is 2.92. The van der Waals surface area contributed by atoms with Crippen molar-refractivity contribution >= 4 is 17.8 Å². The minimum absolute atomic E-state index is 0.125. The van der Waals surface area contributed by atoms with E-state index in [2.05, 4.69) is 22.3 Å². The minimum atomic E-state index is -0.554. The van der Waals surface area contributed by atoms with Gasteiger partial charge in [0.15, 0.2) is 0 Å². The SMILES string of the molecule is N#CCC#Cc1ccccc1NC(=O)C=NO. The predicted octanol–water partition coefficient (Wildman–Crippen LogP) is 1.35. The lowest BCUT2D eigenvalue weighted by molar-refractivity contribution is -0.110. The minimum Gasteiger partial charge on any atom is -0.411 e. The number of carbonyl (C=O) groups excluding carboxylic acids is 1. The molecule has 2 N–H and O–H groups in total. The molecule has 0 spiro atoms. The van der Waals surface area contributed by atoms with E-state index in [1.165, 1.54) is 0 Å². The van der Waals surface area contributed by atoms with Crippen molar-refractivity contribution in [2.24, 2.45) is 5.16 Å². The molecule has 0 aromatic heterocycles. The zero-order valence-corrected chi connectivity index (χ0v) is 8.84. The second kappa shape index (κ2) is 6.65. The average Bonchev–Trinajstić information content (AvgIpc) is 2.32. The molecule has 17 heavy (non-hydrogen) atoms. The van der Waals surface area contributed by atoms with Crippen LogP contribution in [0, 0.1) is 23.2 Å². The molecular weight excluding hydrogens is 218 g/mol. The molecule has 5 heteroatoms. The van der Waals surface area contributed by atoms with Crippen LogP contribution >= 0.6 is 0 Å². The van der Waals surface area contributed by atoms with Crippen LogP contribution in [0.25, 0.3) is 0 Å². The Morgan fingerprint density at radius 2 is 2.29 bits per heavy atom. The number of hydrogen-bond donors (Lipinski definition) is 2. The summed E-state index contributed by atoms with van der Waals surface area (Å²) in [5.41, 5.74) is 1.10. The van der Waals surface area contributed by atoms with Gasteiger partial charge in [-0.1, -0.05) is 29.1 Å². The maximum absolute atomic E-state index is 11.2. The monoisotopic (exact) mass is 227 g/mol. The third kappa shape index (κ3) is 4.06. The summed E-state index contributed by atoms with van der Waals surface area (Å²) in [4.78, 5) is 11.2. The normalized spacial score (nSPS) is 9.12. The van der Waals surface area contributed by atoms with Crippen molar-refractivity contribution in [1.29, 1.82) is 5.26 Å². The van der Waals surface area contributed by atoms with Gasteiger partial charge in [0.1, 0.15) is 6.21 Å². The second-order valence-electron chi connectivity index (χ2n) is 2.92. The van der Waals surface area contributed by atoms with Crippen LogP contribution in [-0.4, -0.2) is 17.3 Å². The molecule has 0 saturated carbocycles. The number of carbonyl (C=O) groups is 1. The molecule has 1 aromatic carbocycles. The van der Waals surface area contributed by atoms with Crippen molar-refractivity contribution in [2.75, 3.05) is 5.32 Å². The number of amides is 1. The third-order valence-corrected chi connectivity index (χ3v) is 1.75. The van der Waals surface area contributed by atoms with E-state index in [-0.39, 0.29) is 6.42 Å². The largest absolute Gasteiger partial charge is 0.411 e. The van der Waals surface area contributed by atoms with E-state index in [0.717, 1.165) is 6.21 Å². The van der Waals surface area contributed by atoms with Gasteiger partial charge in [-0.3, -0.25) is 4.79 Å². The topological polar surface area (TPSA) is 85.5 Å². The summed E-state index contributed by atoms with van der Waals surface area (Å²) in [6, 6.07) is 8.80. The van der Waals surface area contributed by atoms with E-state index in [4.69, 9.17) is 10.5 Å². The highest BCUT2D eigenvalue weighted by Crippen LogP contribution is 2.13. The molecule has 0 radical (unpaired) electrons. The molecule has 0 unspecified atom stereocenters. The molecule has 0 bridgehead atoms. The van der Waals surface area contributed by atoms with E-state index in [1.807, 2.05) is 6.07 Å². The maximum atomic E-state index is 11.2. The van der Waals surface area contributed by atoms with Crippen molar-refractivity contribution in [3.63, 3.8) is 0 Å². The first-order valence-corrected chi connectivity index (χ1v) is 4.71. The maximum Gasteiger partial charge on any atom is 0.270 e. The molecule has 0 aliphatic carbocycles. The summed E-state index contributed by atoms with van der Waals surface area (Å²) in [7, 11) is 0. The van der Waals surface area contributed by atoms with Crippen molar-refractivity contribution in [1.82, 2.24) is 0 Å². The van der Waals surface area contributed by atoms with Crippen molar-refractivity contribution in [3.8, 4) is 17.9 Å². The number of rotatable bonds is 2. The molecular formula is C12H9N3O2. The summed E-state index contributed by atoms with van der Waals surface area (Å²) in [6.45, 7) is 0. The predicted molar refractivity (Wildman–Crippen MR) is 62.5 cm³/mol. The van der Waals surface area contributed by atoms with Crippen LogP contribution in [0.1, 0.15) is 12.0 Å². The summed E-state index contributed by atoms with van der Waals surface area (Å²) in [5.74, 6) is 4.87. The van der Waals surface area contributed by atoms with E-state index in [9.17, 15) is 4.79 Å². The van der Waals surface area contributed by atoms with Crippen LogP contribution in [0.2, 0.25) is 0 Å². The Morgan fingerprint density at radius 3 is 3.00 bits per heavy atom. The smallest absolute Gasteiger partial charge is 0.270 e. The number of nitrogens with one attached hydrogen (secondary N) is 1. The van der Waals surface area contributed by atoms with Crippen LogP contribution in [0.15, 0.2) is 29.4 Å². The van der Waals surface area contributed by atoms with Crippen LogP contribution in [-0.2, 0) is 4.79 Å². The zero-order chi connectivity index (χ0) is 12.5. The van der Waals surface area contributed by atoms with E-state index in [1.54, 1.807) is 24.3 Å². The number of oxime groups is 1. The van der Waals surface area contributed by atoms with Gasteiger partial charge in [0.05, 0.1) is 18.2 Å². The fourth-order valence-corrected chi connectivity index (χ4v) is 1.10.